The number of carbonyl (C=O) groups excluding carboxylic acids is 6. The lowest BCUT2D eigenvalue weighted by atomic mass is 9.39. The predicted octanol–water partition coefficient (Wildman–Crippen LogP) is 5.85. The Morgan fingerprint density at radius 1 is 0.796 bits per heavy atom. The number of anilines is 2. The van der Waals surface area contributed by atoms with Crippen LogP contribution in [0.5, 0.6) is 17.2 Å². The molecule has 0 spiro atoms. The molecule has 6 aromatic rings. The minimum absolute atomic E-state index is 0.0339. The number of aliphatic hydroxyl groups is 3. The fourth-order valence-electron chi connectivity index (χ4n) is 17.2. The van der Waals surface area contributed by atoms with Crippen LogP contribution in [0.1, 0.15) is 134 Å². The normalized spacial score (nSPS) is 24.5. The molecule has 10 N–H and O–H groups in total. The Kier molecular flexibility index (Phi) is 23.3. The van der Waals surface area contributed by atoms with Crippen LogP contribution in [0.4, 0.5) is 15.7 Å². The van der Waals surface area contributed by atoms with E-state index in [4.69, 9.17) is 38.5 Å². The Labute approximate surface area is 625 Å². The summed E-state index contributed by atoms with van der Waals surface area (Å²) in [6.07, 6.45) is 0.931. The molecule has 4 bridgehead atoms. The molecule has 34 heteroatoms. The molecular weight excluding hydrogens is 1440 g/mol. The van der Waals surface area contributed by atoms with Gasteiger partial charge in [-0.05, 0) is 148 Å². The van der Waals surface area contributed by atoms with E-state index in [0.717, 1.165) is 82.6 Å². The van der Waals surface area contributed by atoms with Gasteiger partial charge in [-0.3, -0.25) is 43.4 Å². The van der Waals surface area contributed by atoms with Crippen LogP contribution in [-0.4, -0.2) is 205 Å². The number of hydrogen-bond donors (Lipinski definition) is 10. The summed E-state index contributed by atoms with van der Waals surface area (Å²) in [5.74, 6) is -5.77. The molecule has 2 unspecified atom stereocenters. The number of carboxylic acids is 2. The van der Waals surface area contributed by atoms with E-state index in [9.17, 15) is 76.9 Å². The number of methoxy groups -OCH3 is 1. The average Bonchev–Trinajstić information content (AvgIpc) is 0.711. The summed E-state index contributed by atoms with van der Waals surface area (Å²) in [4.78, 5) is 114. The molecule has 3 aromatic heterocycles. The van der Waals surface area contributed by atoms with Crippen molar-refractivity contribution in [3.05, 3.63) is 119 Å². The van der Waals surface area contributed by atoms with Crippen molar-refractivity contribution >= 4 is 90.2 Å². The number of rotatable bonds is 33. The van der Waals surface area contributed by atoms with Gasteiger partial charge < -0.3 is 74.8 Å². The first-order chi connectivity index (χ1) is 51.4. The Balaban J connectivity index is 0.646. The van der Waals surface area contributed by atoms with E-state index in [-0.39, 0.29) is 104 Å². The van der Waals surface area contributed by atoms with Gasteiger partial charge in [0.25, 0.3) is 27.8 Å². The van der Waals surface area contributed by atoms with E-state index in [0.29, 0.717) is 78.8 Å². The number of aromatic nitrogens is 4. The quantitative estimate of drug-likeness (QED) is 0.0131. The molecule has 1 saturated heterocycles. The lowest BCUT2D eigenvalue weighted by Gasteiger charge is -2.69. The molecule has 5 fully saturated rings. The second-order valence-electron chi connectivity index (χ2n) is 29.6. The van der Waals surface area contributed by atoms with E-state index >= 15 is 0 Å². The zero-order valence-corrected chi connectivity index (χ0v) is 61.7. The number of nitrogens with zero attached hydrogens (tertiary/aromatic N) is 6. The minimum Gasteiger partial charge on any atom is -0.496 e. The second-order valence-corrected chi connectivity index (χ2v) is 32.1. The maximum atomic E-state index is 14.0. The summed E-state index contributed by atoms with van der Waals surface area (Å²) < 4.78 is 71.8. The first-order valence-corrected chi connectivity index (χ1v) is 38.2. The third-order valence-corrected chi connectivity index (χ3v) is 22.5. The van der Waals surface area contributed by atoms with Crippen LogP contribution >= 0.6 is 11.3 Å². The van der Waals surface area contributed by atoms with Gasteiger partial charge in [-0.1, -0.05) is 43.7 Å². The van der Waals surface area contributed by atoms with Crippen LogP contribution in [0.3, 0.4) is 0 Å². The molecule has 32 nitrogen and oxygen atoms in total. The number of para-hydroxylation sites is 1. The van der Waals surface area contributed by atoms with Crippen molar-refractivity contribution in [1.82, 2.24) is 40.6 Å². The molecule has 7 aliphatic rings. The summed E-state index contributed by atoms with van der Waals surface area (Å²) >= 11 is 1.38. The summed E-state index contributed by atoms with van der Waals surface area (Å²) in [5, 5.41) is 67.8. The highest BCUT2D eigenvalue weighted by Crippen LogP contribution is 2.72. The number of imide groups is 1. The molecule has 108 heavy (non-hydrogen) atoms. The van der Waals surface area contributed by atoms with Gasteiger partial charge in [0.2, 0.25) is 18.1 Å². The van der Waals surface area contributed by atoms with Crippen LogP contribution in [0, 0.1) is 23.2 Å². The number of aliphatic carboxylic acids is 1. The molecular formula is C74H88N10O22S2. The number of unbranched alkanes of at least 4 members (excludes halogenated alkanes) is 2. The van der Waals surface area contributed by atoms with Crippen molar-refractivity contribution in [1.29, 1.82) is 0 Å². The number of nitrogens with one attached hydrogen (secondary N) is 4. The Morgan fingerprint density at radius 3 is 2.26 bits per heavy atom. The molecule has 3 aliphatic heterocycles. The fraction of sp³-hybridized carbons (Fsp3) is 0.500. The number of hydrogen-bond acceptors (Lipinski definition) is 24. The average molecular weight is 1530 g/mol. The monoisotopic (exact) mass is 1530 g/mol. The molecule has 3 aromatic carbocycles. The highest BCUT2D eigenvalue weighted by Gasteiger charge is 2.66. The van der Waals surface area contributed by atoms with Crippen LogP contribution in [0.25, 0.3) is 21.3 Å². The number of thiazole rings is 1. The third-order valence-electron chi connectivity index (χ3n) is 20.8. The Bertz CT molecular complexity index is 4530. The van der Waals surface area contributed by atoms with Gasteiger partial charge in [0.05, 0.1) is 35.7 Å². The van der Waals surface area contributed by atoms with E-state index in [2.05, 4.69) is 40.1 Å². The number of benzene rings is 3. The first-order valence-electron chi connectivity index (χ1n) is 35.7. The van der Waals surface area contributed by atoms with Crippen molar-refractivity contribution < 1.29 is 105 Å². The molecule has 8 atom stereocenters. The van der Waals surface area contributed by atoms with E-state index in [1.54, 1.807) is 31.5 Å². The third kappa shape index (κ3) is 17.9. The summed E-state index contributed by atoms with van der Waals surface area (Å²) in [5.41, 5.74) is 4.11. The maximum absolute atomic E-state index is 14.0. The smallest absolute Gasteiger partial charge is 0.407 e. The zero-order chi connectivity index (χ0) is 77.0. The number of pyridine rings is 1. The number of aliphatic hydroxyl groups excluding tert-OH is 3. The molecule has 4 aliphatic carbocycles. The highest BCUT2D eigenvalue weighted by molar-refractivity contribution is 7.85. The van der Waals surface area contributed by atoms with Gasteiger partial charge in [-0.25, -0.2) is 24.4 Å². The van der Waals surface area contributed by atoms with E-state index in [1.807, 2.05) is 46.8 Å². The molecule has 0 radical (unpaired) electrons. The maximum Gasteiger partial charge on any atom is 0.407 e. The molecule has 6 amide bonds. The van der Waals surface area contributed by atoms with Crippen molar-refractivity contribution in [2.45, 2.75) is 166 Å². The topological polar surface area (TPSA) is 446 Å². The number of aromatic carboxylic acids is 1. The number of alkyl carbamates (subject to hydrolysis) is 1. The predicted molar refractivity (Wildman–Crippen MR) is 387 cm³/mol. The van der Waals surface area contributed by atoms with Gasteiger partial charge in [0, 0.05) is 104 Å². The van der Waals surface area contributed by atoms with E-state index < -0.39 is 99.9 Å². The van der Waals surface area contributed by atoms with Crippen LogP contribution in [0.2, 0.25) is 0 Å². The van der Waals surface area contributed by atoms with Gasteiger partial charge in [0.1, 0.15) is 59.8 Å². The molecule has 13 rings (SSSR count). The van der Waals surface area contributed by atoms with Crippen LogP contribution in [0.15, 0.2) is 85.1 Å². The van der Waals surface area contributed by atoms with Crippen molar-refractivity contribution in [2.24, 2.45) is 16.2 Å². The highest BCUT2D eigenvalue weighted by atomic mass is 32.2. The van der Waals surface area contributed by atoms with E-state index in [1.165, 1.54) is 29.5 Å². The lowest BCUT2D eigenvalue weighted by Crippen LogP contribution is -2.64. The Hall–Kier alpha value is -9.68. The van der Waals surface area contributed by atoms with Crippen LogP contribution < -0.4 is 40.4 Å². The Morgan fingerprint density at radius 2 is 1.54 bits per heavy atom. The van der Waals surface area contributed by atoms with Gasteiger partial charge >= 0.3 is 18.0 Å². The van der Waals surface area contributed by atoms with Crippen LogP contribution in [-0.2, 0) is 74.4 Å². The largest absolute Gasteiger partial charge is 0.496 e. The first kappa shape index (κ1) is 77.9. The van der Waals surface area contributed by atoms with Crippen molar-refractivity contribution in [2.75, 3.05) is 62.5 Å². The van der Waals surface area contributed by atoms with Crippen molar-refractivity contribution in [3.63, 3.8) is 0 Å². The van der Waals surface area contributed by atoms with Gasteiger partial charge in [-0.2, -0.15) is 13.5 Å². The molecule has 578 valence electrons. The second kappa shape index (κ2) is 32.3. The van der Waals surface area contributed by atoms with Crippen molar-refractivity contribution in [3.8, 4) is 28.4 Å². The number of carbonyl (C=O) groups is 8. The molecule has 4 saturated carbocycles. The summed E-state index contributed by atoms with van der Waals surface area (Å²) in [7, 11) is -3.18. The SMILES string of the molecule is COc1ccc(C(=O)Nc2nc3ccccc3s2)c2c1CCN(c1ccc(-c3cnn(CC45CC6(C)CC(C)(C4)CC(OCCCNC(=O)OCc4ccc(O[C@@H]7O[C@H](C(=O)O)[C@@H](O)[C@H](O)[C@H]7O)cc4OCCCNC(=O)[C@H](CS(=O)(=O)O)NC(=O)CCCCCN4C(=O)C=CC4=O)(C6)C5)c3C)c(C(=O)O)n1)C2. The zero-order valence-electron chi connectivity index (χ0n) is 60.0. The number of fused-ring (bicyclic) bond motifs is 2. The lowest BCUT2D eigenvalue weighted by molar-refractivity contribution is -0.271. The fourth-order valence-corrected chi connectivity index (χ4v) is 18.7. The summed E-state index contributed by atoms with van der Waals surface area (Å²) in [6.45, 7) is 7.89. The van der Waals surface area contributed by atoms with Gasteiger partial charge in [-0.15, -0.1) is 0 Å². The standard InChI is InChI=1S/C74H88N10O22S2/c1-42-48(46-18-20-55(80-59(46)66(93)94)82-27-23-45-49(32-82)47(17-19-52(45)101-4)64(91)81-69-79-50-12-7-8-13-54(50)107-69)31-77-84(42)41-73-36-71(2)35-72(3,37-73)39-74(38-71,40-73)104-29-11-25-76-70(97)103-33-43-15-16-44(105-68-62(90)60(88)61(89)63(106-68)67(95)96)30-53(43)102-28-10-24-75-65(92)51(34-108(98,99)100)78-56(85)14-6-5-9-26-83-57(86)21-22-58(83)87/h7-8,12-13,15-22,30-31,51,60-63,68,88-90H,5-6,9-11,14,23-29,32-41H2,1-4H3,(H,75,92)(H,76,97)(H,78,85)(H,93,94)(H,95,96)(H,79,81,91)(H,98,99,100)/t51-,60-,61-,62+,63-,68+,71?,72?,73?,74?/m0/s1. The number of amides is 6. The number of ether oxygens (including phenoxy) is 6. The minimum atomic E-state index is -4.77. The van der Waals surface area contributed by atoms with Gasteiger partial charge in [0.15, 0.2) is 16.9 Å². The number of carboxylic acid groups (broad SMARTS) is 2. The molecule has 6 heterocycles. The summed E-state index contributed by atoms with van der Waals surface area (Å²) in [6, 6.07) is 17.2.